The maximum Gasteiger partial charge on any atom is 0.251 e. The molecular weight excluding hydrogens is 400 g/mol. The summed E-state index contributed by atoms with van der Waals surface area (Å²) in [6, 6.07) is 20.8. The highest BCUT2D eigenvalue weighted by Gasteiger charge is 2.14. The molecule has 1 atom stereocenters. The normalized spacial score (nSPS) is 11.8. The Morgan fingerprint density at radius 3 is 2.62 bits per heavy atom. The van der Waals surface area contributed by atoms with E-state index in [9.17, 15) is 10.1 Å². The number of rotatable bonds is 6. The number of carbonyl (C=O) groups excluding carboxylic acids is 1. The summed E-state index contributed by atoms with van der Waals surface area (Å²) in [6.07, 6.45) is 1.87. The monoisotopic (exact) mass is 424 g/mol. The number of pyridine rings is 1. The minimum Gasteiger partial charge on any atom is -0.349 e. The number of hydrogen-bond donors (Lipinski definition) is 2. The largest absolute Gasteiger partial charge is 0.349 e. The van der Waals surface area contributed by atoms with E-state index in [0.717, 1.165) is 11.1 Å². The molecule has 4 rings (SSSR count). The number of carbonyl (C=O) groups is 1. The van der Waals surface area contributed by atoms with Gasteiger partial charge in [0.05, 0.1) is 11.3 Å². The molecule has 0 aliphatic rings. The van der Waals surface area contributed by atoms with Crippen molar-refractivity contribution >= 4 is 23.2 Å². The molecule has 2 aromatic carbocycles. The third-order valence-corrected chi connectivity index (χ3v) is 5.44. The molecule has 0 aliphatic heterocycles. The van der Waals surface area contributed by atoms with Crippen LogP contribution in [0.15, 0.2) is 66.9 Å². The van der Waals surface area contributed by atoms with E-state index in [1.54, 1.807) is 10.6 Å². The van der Waals surface area contributed by atoms with Crippen LogP contribution in [0.4, 0.5) is 11.6 Å². The molecular formula is C25H24N6O. The third kappa shape index (κ3) is 4.44. The van der Waals surface area contributed by atoms with Gasteiger partial charge >= 0.3 is 0 Å². The fourth-order valence-corrected chi connectivity index (χ4v) is 3.21. The van der Waals surface area contributed by atoms with Crippen molar-refractivity contribution in [3.63, 3.8) is 0 Å². The van der Waals surface area contributed by atoms with Crippen LogP contribution in [0, 0.1) is 17.2 Å². The highest BCUT2D eigenvalue weighted by Crippen LogP contribution is 2.23. The summed E-state index contributed by atoms with van der Waals surface area (Å²) in [5, 5.41) is 19.9. The number of anilines is 2. The second-order valence-electron chi connectivity index (χ2n) is 8.03. The first-order valence-electron chi connectivity index (χ1n) is 10.5. The fourth-order valence-electron chi connectivity index (χ4n) is 3.21. The van der Waals surface area contributed by atoms with Crippen molar-refractivity contribution in [3.05, 3.63) is 78.0 Å². The van der Waals surface area contributed by atoms with Crippen molar-refractivity contribution in [2.24, 2.45) is 5.92 Å². The van der Waals surface area contributed by atoms with Gasteiger partial charge in [0.1, 0.15) is 6.07 Å². The number of amides is 1. The first-order chi connectivity index (χ1) is 15.4. The van der Waals surface area contributed by atoms with Gasteiger partial charge in [-0.3, -0.25) is 4.79 Å². The Balaban J connectivity index is 1.59. The van der Waals surface area contributed by atoms with E-state index in [4.69, 9.17) is 0 Å². The number of para-hydroxylation sites is 1. The van der Waals surface area contributed by atoms with Gasteiger partial charge in [0.25, 0.3) is 5.91 Å². The second-order valence-corrected chi connectivity index (χ2v) is 8.03. The predicted octanol–water partition coefficient (Wildman–Crippen LogP) is 4.79. The summed E-state index contributed by atoms with van der Waals surface area (Å²) < 4.78 is 1.68. The van der Waals surface area contributed by atoms with Crippen LogP contribution in [-0.4, -0.2) is 26.5 Å². The average Bonchev–Trinajstić information content (AvgIpc) is 3.20. The average molecular weight is 425 g/mol. The van der Waals surface area contributed by atoms with Gasteiger partial charge in [0, 0.05) is 23.4 Å². The zero-order valence-electron chi connectivity index (χ0n) is 18.2. The second kappa shape index (κ2) is 8.90. The van der Waals surface area contributed by atoms with Gasteiger partial charge in [-0.25, -0.2) is 4.52 Å². The number of nitriles is 1. The number of benzene rings is 2. The number of nitrogens with zero attached hydrogens (tertiary/aromatic N) is 4. The fraction of sp³-hybridized carbons (Fsp3) is 0.200. The molecule has 7 heteroatoms. The van der Waals surface area contributed by atoms with Crippen LogP contribution in [0.1, 0.15) is 36.7 Å². The molecule has 2 heterocycles. The maximum absolute atomic E-state index is 12.6. The zero-order valence-corrected chi connectivity index (χ0v) is 18.2. The molecule has 0 saturated carbocycles. The molecule has 1 amide bonds. The standard InChI is InChI=1S/C25H24N6O/c1-16(2)17(3)27-24(32)19-9-6-8-18(13-19)21-11-12-23-29-25(30-31(23)15-21)28-22-10-5-4-7-20(22)14-26/h4-13,15-17H,1-3H3,(H,27,32)(H,28,30)/t17-/m0/s1. The molecule has 0 aliphatic carbocycles. The van der Waals surface area contributed by atoms with Gasteiger partial charge < -0.3 is 10.6 Å². The van der Waals surface area contributed by atoms with E-state index in [-0.39, 0.29) is 11.9 Å². The predicted molar refractivity (Wildman–Crippen MR) is 125 cm³/mol. The summed E-state index contributed by atoms with van der Waals surface area (Å²) in [5.41, 5.74) is 4.29. The lowest BCUT2D eigenvalue weighted by Gasteiger charge is -2.17. The van der Waals surface area contributed by atoms with Gasteiger partial charge in [-0.2, -0.15) is 10.2 Å². The quantitative estimate of drug-likeness (QED) is 0.464. The first-order valence-corrected chi connectivity index (χ1v) is 10.5. The Morgan fingerprint density at radius 1 is 1.03 bits per heavy atom. The zero-order chi connectivity index (χ0) is 22.7. The van der Waals surface area contributed by atoms with Crippen molar-refractivity contribution in [1.82, 2.24) is 19.9 Å². The molecule has 0 radical (unpaired) electrons. The van der Waals surface area contributed by atoms with Crippen LogP contribution in [-0.2, 0) is 0 Å². The van der Waals surface area contributed by atoms with Crippen molar-refractivity contribution < 1.29 is 4.79 Å². The summed E-state index contributed by atoms with van der Waals surface area (Å²) in [5.74, 6) is 0.679. The molecule has 0 unspecified atom stereocenters. The van der Waals surface area contributed by atoms with E-state index in [2.05, 4.69) is 40.6 Å². The smallest absolute Gasteiger partial charge is 0.251 e. The Bertz CT molecular complexity index is 1320. The van der Waals surface area contributed by atoms with Crippen molar-refractivity contribution in [2.75, 3.05) is 5.32 Å². The molecule has 0 fully saturated rings. The molecule has 0 saturated heterocycles. The van der Waals surface area contributed by atoms with E-state index in [1.165, 1.54) is 0 Å². The molecule has 7 nitrogen and oxygen atoms in total. The van der Waals surface area contributed by atoms with Gasteiger partial charge in [-0.15, -0.1) is 5.10 Å². The highest BCUT2D eigenvalue weighted by atomic mass is 16.1. The molecule has 32 heavy (non-hydrogen) atoms. The SMILES string of the molecule is CC(C)[C@H](C)NC(=O)c1cccc(-c2ccc3nc(Nc4ccccc4C#N)nn3c2)c1. The van der Waals surface area contributed by atoms with E-state index >= 15 is 0 Å². The van der Waals surface area contributed by atoms with Crippen LogP contribution in [0.25, 0.3) is 16.8 Å². The highest BCUT2D eigenvalue weighted by molar-refractivity contribution is 5.95. The molecule has 2 aromatic heterocycles. The van der Waals surface area contributed by atoms with Crippen LogP contribution in [0.2, 0.25) is 0 Å². The van der Waals surface area contributed by atoms with Gasteiger partial charge in [-0.05, 0) is 54.8 Å². The van der Waals surface area contributed by atoms with E-state index in [1.807, 2.05) is 67.7 Å². The molecule has 160 valence electrons. The molecule has 4 aromatic rings. The number of hydrogen-bond acceptors (Lipinski definition) is 5. The van der Waals surface area contributed by atoms with E-state index < -0.39 is 0 Å². The topological polar surface area (TPSA) is 95.1 Å². The lowest BCUT2D eigenvalue weighted by atomic mass is 10.0. The molecule has 2 N–H and O–H groups in total. The summed E-state index contributed by atoms with van der Waals surface area (Å²) >= 11 is 0. The van der Waals surface area contributed by atoms with Crippen LogP contribution >= 0.6 is 0 Å². The summed E-state index contributed by atoms with van der Waals surface area (Å²) in [7, 11) is 0. The Kier molecular flexibility index (Phi) is 5.86. The summed E-state index contributed by atoms with van der Waals surface area (Å²) in [6.45, 7) is 6.17. The lowest BCUT2D eigenvalue weighted by Crippen LogP contribution is -2.36. The minimum absolute atomic E-state index is 0.0856. The van der Waals surface area contributed by atoms with Gasteiger partial charge in [0.2, 0.25) is 5.95 Å². The number of aromatic nitrogens is 3. The first kappa shape index (κ1) is 21.1. The molecule has 0 spiro atoms. The Hall–Kier alpha value is -4.18. The Morgan fingerprint density at radius 2 is 1.84 bits per heavy atom. The van der Waals surface area contributed by atoms with Gasteiger partial charge in [-0.1, -0.05) is 38.1 Å². The number of fused-ring (bicyclic) bond motifs is 1. The van der Waals surface area contributed by atoms with Crippen molar-refractivity contribution in [1.29, 1.82) is 5.26 Å². The van der Waals surface area contributed by atoms with E-state index in [0.29, 0.717) is 34.3 Å². The minimum atomic E-state index is -0.0856. The van der Waals surface area contributed by atoms with Gasteiger partial charge in [0.15, 0.2) is 5.65 Å². The molecule has 0 bridgehead atoms. The lowest BCUT2D eigenvalue weighted by molar-refractivity contribution is 0.0930. The Labute approximate surface area is 186 Å². The van der Waals surface area contributed by atoms with Crippen molar-refractivity contribution in [3.8, 4) is 17.2 Å². The maximum atomic E-state index is 12.6. The van der Waals surface area contributed by atoms with Crippen LogP contribution < -0.4 is 10.6 Å². The van der Waals surface area contributed by atoms with Crippen molar-refractivity contribution in [2.45, 2.75) is 26.8 Å². The summed E-state index contributed by atoms with van der Waals surface area (Å²) in [4.78, 5) is 17.1. The van der Waals surface area contributed by atoms with Crippen LogP contribution in [0.3, 0.4) is 0 Å². The number of nitrogens with one attached hydrogen (secondary N) is 2. The van der Waals surface area contributed by atoms with Crippen LogP contribution in [0.5, 0.6) is 0 Å². The third-order valence-electron chi connectivity index (χ3n) is 5.44.